The van der Waals surface area contributed by atoms with Crippen molar-refractivity contribution in [2.75, 3.05) is 62.8 Å². The van der Waals surface area contributed by atoms with Gasteiger partial charge in [-0.15, -0.1) is 0 Å². The molecule has 170 valence electrons. The van der Waals surface area contributed by atoms with Crippen LogP contribution in [0, 0.1) is 5.82 Å². The van der Waals surface area contributed by atoms with Crippen LogP contribution in [-0.2, 0) is 14.3 Å². The van der Waals surface area contributed by atoms with E-state index in [4.69, 9.17) is 15.2 Å². The number of nitrogens with two attached hydrogens (primary N) is 1. The van der Waals surface area contributed by atoms with Crippen LogP contribution in [0.2, 0.25) is 0 Å². The molecule has 0 unspecified atom stereocenters. The smallest absolute Gasteiger partial charge is 0.414 e. The fourth-order valence-electron chi connectivity index (χ4n) is 3.61. The number of carbonyl (C=O) groups is 3. The van der Waals surface area contributed by atoms with Crippen molar-refractivity contribution in [3.05, 3.63) is 24.0 Å². The number of nitrogens with one attached hydrogen (secondary N) is 1. The normalized spacial score (nSPS) is 19.9. The van der Waals surface area contributed by atoms with Gasteiger partial charge in [-0.05, 0) is 18.2 Å². The molecule has 2 fully saturated rings. The van der Waals surface area contributed by atoms with E-state index in [0.717, 1.165) is 0 Å². The number of carbonyl (C=O) groups excluding carboxylic acids is 3. The standard InChI is InChI=1S/C19H26FN5O5S/c1-29-11-15(21)17(26)24-6-4-23(5-7-24)16-3-2-12(8-14(16)20)25-10-13(30-19(25)28)9-22-18(27)31/h2-3,8,13,15H,4-7,9-11,21H2,1H3,(H2,22,27,31)/t13-,15-/m0/s1. The Bertz CT molecular complexity index is 836. The Hall–Kier alpha value is -2.57. The molecular weight excluding hydrogens is 429 g/mol. The van der Waals surface area contributed by atoms with Crippen LogP contribution in [0.15, 0.2) is 18.2 Å². The number of piperazine rings is 1. The van der Waals surface area contributed by atoms with Gasteiger partial charge in [0.25, 0.3) is 5.24 Å². The monoisotopic (exact) mass is 455 g/mol. The molecule has 1 aromatic carbocycles. The highest BCUT2D eigenvalue weighted by molar-refractivity contribution is 7.96. The third-order valence-corrected chi connectivity index (χ3v) is 5.35. The Balaban J connectivity index is 1.60. The fraction of sp³-hybridized carbons (Fsp3) is 0.526. The number of ether oxygens (including phenoxy) is 2. The van der Waals surface area contributed by atoms with E-state index in [1.807, 2.05) is 4.90 Å². The zero-order valence-corrected chi connectivity index (χ0v) is 18.0. The maximum Gasteiger partial charge on any atom is 0.414 e. The first-order chi connectivity index (χ1) is 14.8. The first-order valence-corrected chi connectivity index (χ1v) is 10.3. The predicted molar refractivity (Wildman–Crippen MR) is 115 cm³/mol. The zero-order valence-electron chi connectivity index (χ0n) is 17.1. The number of rotatable bonds is 7. The predicted octanol–water partition coefficient (Wildman–Crippen LogP) is 0.413. The molecule has 0 aliphatic carbocycles. The minimum Gasteiger partial charge on any atom is -0.442 e. The zero-order chi connectivity index (χ0) is 22.5. The molecule has 0 bridgehead atoms. The lowest BCUT2D eigenvalue weighted by Crippen LogP contribution is -2.54. The highest BCUT2D eigenvalue weighted by Gasteiger charge is 2.33. The second-order valence-electron chi connectivity index (χ2n) is 7.31. The number of benzene rings is 1. The van der Waals surface area contributed by atoms with E-state index in [1.165, 1.54) is 18.1 Å². The molecule has 2 aliphatic heterocycles. The van der Waals surface area contributed by atoms with Gasteiger partial charge in [0.1, 0.15) is 18.0 Å². The van der Waals surface area contributed by atoms with Gasteiger partial charge in [-0.3, -0.25) is 14.5 Å². The van der Waals surface area contributed by atoms with E-state index in [0.29, 0.717) is 37.6 Å². The number of anilines is 2. The summed E-state index contributed by atoms with van der Waals surface area (Å²) in [7, 11) is 1.49. The van der Waals surface area contributed by atoms with Crippen molar-refractivity contribution in [1.29, 1.82) is 0 Å². The highest BCUT2D eigenvalue weighted by atomic mass is 32.1. The summed E-state index contributed by atoms with van der Waals surface area (Å²) in [5.41, 5.74) is 6.56. The summed E-state index contributed by atoms with van der Waals surface area (Å²) >= 11 is 3.60. The van der Waals surface area contributed by atoms with Crippen LogP contribution in [0.3, 0.4) is 0 Å². The number of hydrogen-bond acceptors (Lipinski definition) is 7. The van der Waals surface area contributed by atoms with Gasteiger partial charge in [0, 0.05) is 33.3 Å². The maximum atomic E-state index is 14.8. The molecule has 3 rings (SSSR count). The van der Waals surface area contributed by atoms with Crippen molar-refractivity contribution in [3.63, 3.8) is 0 Å². The van der Waals surface area contributed by atoms with Gasteiger partial charge in [-0.25, -0.2) is 9.18 Å². The van der Waals surface area contributed by atoms with Crippen molar-refractivity contribution in [3.8, 4) is 0 Å². The molecule has 2 aliphatic rings. The van der Waals surface area contributed by atoms with Gasteiger partial charge in [-0.1, -0.05) is 12.6 Å². The Morgan fingerprint density at radius 1 is 1.35 bits per heavy atom. The summed E-state index contributed by atoms with van der Waals surface area (Å²) in [5.74, 6) is -0.665. The van der Waals surface area contributed by atoms with Crippen molar-refractivity contribution < 1.29 is 28.2 Å². The first kappa shape index (κ1) is 23.1. The topological polar surface area (TPSA) is 117 Å². The van der Waals surface area contributed by atoms with Crippen molar-refractivity contribution in [2.45, 2.75) is 12.1 Å². The molecule has 2 heterocycles. The van der Waals surface area contributed by atoms with Crippen LogP contribution in [0.1, 0.15) is 0 Å². The molecule has 2 atom stereocenters. The van der Waals surface area contributed by atoms with Crippen molar-refractivity contribution in [2.24, 2.45) is 5.73 Å². The lowest BCUT2D eigenvalue weighted by molar-refractivity contribution is -0.134. The quantitative estimate of drug-likeness (QED) is 0.510. The van der Waals surface area contributed by atoms with E-state index in [2.05, 4.69) is 17.9 Å². The number of cyclic esters (lactones) is 1. The number of methoxy groups -OCH3 is 1. The SMILES string of the molecule is COC[C@H](N)C(=O)N1CCN(c2ccc(N3C[C@H](CNC(=O)S)OC3=O)cc2F)CC1. The van der Waals surface area contributed by atoms with Crippen LogP contribution in [0.25, 0.3) is 0 Å². The summed E-state index contributed by atoms with van der Waals surface area (Å²) < 4.78 is 25.0. The largest absolute Gasteiger partial charge is 0.442 e. The summed E-state index contributed by atoms with van der Waals surface area (Å²) in [4.78, 5) is 40.1. The van der Waals surface area contributed by atoms with Crippen LogP contribution < -0.4 is 20.9 Å². The van der Waals surface area contributed by atoms with E-state index >= 15 is 0 Å². The lowest BCUT2D eigenvalue weighted by atomic mass is 10.2. The highest BCUT2D eigenvalue weighted by Crippen LogP contribution is 2.28. The Kier molecular flexibility index (Phi) is 7.57. The van der Waals surface area contributed by atoms with Gasteiger partial charge in [-0.2, -0.15) is 0 Å². The molecule has 31 heavy (non-hydrogen) atoms. The third kappa shape index (κ3) is 5.57. The second kappa shape index (κ2) is 10.2. The summed E-state index contributed by atoms with van der Waals surface area (Å²) in [6.07, 6.45) is -1.15. The van der Waals surface area contributed by atoms with E-state index in [1.54, 1.807) is 17.0 Å². The Morgan fingerprint density at radius 2 is 2.06 bits per heavy atom. The maximum absolute atomic E-state index is 14.8. The van der Waals surface area contributed by atoms with Crippen molar-refractivity contribution >= 4 is 41.2 Å². The Morgan fingerprint density at radius 3 is 2.68 bits per heavy atom. The molecule has 0 radical (unpaired) electrons. The third-order valence-electron chi connectivity index (χ3n) is 5.19. The van der Waals surface area contributed by atoms with E-state index < -0.39 is 29.3 Å². The van der Waals surface area contributed by atoms with Gasteiger partial charge >= 0.3 is 6.09 Å². The van der Waals surface area contributed by atoms with Gasteiger partial charge in [0.05, 0.1) is 31.1 Å². The molecule has 0 saturated carbocycles. The molecule has 10 nitrogen and oxygen atoms in total. The number of hydrogen-bond donors (Lipinski definition) is 3. The minimum atomic E-state index is -0.710. The van der Waals surface area contributed by atoms with Crippen LogP contribution in [-0.4, -0.2) is 87.3 Å². The number of amides is 3. The molecule has 3 amide bonds. The number of halogens is 1. The summed E-state index contributed by atoms with van der Waals surface area (Å²) in [5, 5.41) is 1.95. The Labute approximate surface area is 184 Å². The summed E-state index contributed by atoms with van der Waals surface area (Å²) in [6.45, 7) is 2.23. The molecule has 3 N–H and O–H groups in total. The average Bonchev–Trinajstić information content (AvgIpc) is 3.12. The van der Waals surface area contributed by atoms with Gasteiger partial charge in [0.2, 0.25) is 5.91 Å². The molecule has 0 spiro atoms. The molecule has 12 heteroatoms. The number of nitrogens with zero attached hydrogens (tertiary/aromatic N) is 3. The average molecular weight is 456 g/mol. The minimum absolute atomic E-state index is 0.127. The van der Waals surface area contributed by atoms with Crippen LogP contribution >= 0.6 is 12.6 Å². The first-order valence-electron chi connectivity index (χ1n) is 9.83. The molecule has 2 saturated heterocycles. The second-order valence-corrected chi connectivity index (χ2v) is 7.72. The van der Waals surface area contributed by atoms with Gasteiger partial charge < -0.3 is 30.3 Å². The lowest BCUT2D eigenvalue weighted by Gasteiger charge is -2.37. The number of thiol groups is 1. The van der Waals surface area contributed by atoms with Crippen LogP contribution in [0.4, 0.5) is 25.4 Å². The molecule has 0 aromatic heterocycles. The molecule has 1 aromatic rings. The van der Waals surface area contributed by atoms with Gasteiger partial charge in [0.15, 0.2) is 0 Å². The van der Waals surface area contributed by atoms with E-state index in [9.17, 15) is 18.8 Å². The van der Waals surface area contributed by atoms with E-state index in [-0.39, 0.29) is 25.6 Å². The molecular formula is C19H26FN5O5S. The summed E-state index contributed by atoms with van der Waals surface area (Å²) in [6, 6.07) is 3.82. The van der Waals surface area contributed by atoms with Crippen molar-refractivity contribution in [1.82, 2.24) is 10.2 Å². The fourth-order valence-corrected chi connectivity index (χ4v) is 3.70. The van der Waals surface area contributed by atoms with Crippen LogP contribution in [0.5, 0.6) is 0 Å².